The Balaban J connectivity index is 1.74. The van der Waals surface area contributed by atoms with Crippen LogP contribution in [-0.2, 0) is 6.42 Å². The van der Waals surface area contributed by atoms with Crippen molar-refractivity contribution in [2.45, 2.75) is 19.8 Å². The van der Waals surface area contributed by atoms with Gasteiger partial charge in [-0.1, -0.05) is 49.4 Å². The van der Waals surface area contributed by atoms with Gasteiger partial charge >= 0.3 is 0 Å². The zero-order valence-electron chi connectivity index (χ0n) is 14.9. The van der Waals surface area contributed by atoms with Gasteiger partial charge in [-0.3, -0.25) is 9.89 Å². The van der Waals surface area contributed by atoms with Gasteiger partial charge in [-0.05, 0) is 36.6 Å². The third-order valence-electron chi connectivity index (χ3n) is 4.28. The quantitative estimate of drug-likeness (QED) is 0.680. The third-order valence-corrected chi connectivity index (χ3v) is 4.28. The minimum Gasteiger partial charge on any atom is -0.507 e. The number of phenols is 1. The fourth-order valence-corrected chi connectivity index (χ4v) is 2.92. The van der Waals surface area contributed by atoms with Crippen LogP contribution in [-0.4, -0.2) is 39.2 Å². The molecule has 5 heteroatoms. The molecule has 0 unspecified atom stereocenters. The molecule has 3 aromatic rings. The highest BCUT2D eigenvalue weighted by Crippen LogP contribution is 2.27. The van der Waals surface area contributed by atoms with Crippen molar-refractivity contribution in [2.75, 3.05) is 13.1 Å². The molecule has 0 bridgehead atoms. The third kappa shape index (κ3) is 4.11. The first kappa shape index (κ1) is 17.7. The van der Waals surface area contributed by atoms with E-state index in [2.05, 4.69) is 29.3 Å². The molecule has 1 heterocycles. The van der Waals surface area contributed by atoms with Crippen LogP contribution >= 0.6 is 0 Å². The van der Waals surface area contributed by atoms with E-state index in [1.807, 2.05) is 29.2 Å². The number of nitrogens with zero attached hydrogens (tertiary/aromatic N) is 2. The Morgan fingerprint density at radius 3 is 2.54 bits per heavy atom. The first-order valence-electron chi connectivity index (χ1n) is 8.86. The molecule has 0 spiro atoms. The van der Waals surface area contributed by atoms with Crippen molar-refractivity contribution >= 4 is 5.91 Å². The molecule has 5 nitrogen and oxygen atoms in total. The number of amides is 1. The van der Waals surface area contributed by atoms with Crippen LogP contribution in [0.5, 0.6) is 5.75 Å². The van der Waals surface area contributed by atoms with Gasteiger partial charge in [-0.2, -0.15) is 5.10 Å². The standard InChI is InChI=1S/C21H23N3O2/c1-2-13-24(14-12-16-8-4-3-5-9-16)21(26)19-15-18(22-23-19)17-10-6-7-11-20(17)25/h3-11,15,25H,2,12-14H2,1H3,(H,22,23). The zero-order valence-corrected chi connectivity index (χ0v) is 14.9. The summed E-state index contributed by atoms with van der Waals surface area (Å²) in [5, 5.41) is 17.0. The molecule has 0 saturated heterocycles. The number of hydrogen-bond donors (Lipinski definition) is 2. The van der Waals surface area contributed by atoms with Crippen molar-refractivity contribution in [3.05, 3.63) is 71.9 Å². The number of nitrogens with one attached hydrogen (secondary N) is 1. The predicted molar refractivity (Wildman–Crippen MR) is 102 cm³/mol. The summed E-state index contributed by atoms with van der Waals surface area (Å²) in [4.78, 5) is 14.7. The van der Waals surface area contributed by atoms with Crippen LogP contribution in [0.25, 0.3) is 11.3 Å². The maximum atomic E-state index is 12.9. The van der Waals surface area contributed by atoms with Crippen molar-refractivity contribution < 1.29 is 9.90 Å². The molecule has 0 atom stereocenters. The summed E-state index contributed by atoms with van der Waals surface area (Å²) >= 11 is 0. The van der Waals surface area contributed by atoms with Gasteiger partial charge in [0.2, 0.25) is 0 Å². The summed E-state index contributed by atoms with van der Waals surface area (Å²) < 4.78 is 0. The Morgan fingerprint density at radius 2 is 1.81 bits per heavy atom. The van der Waals surface area contributed by atoms with Gasteiger partial charge in [0.15, 0.2) is 0 Å². The number of rotatable bonds is 7. The van der Waals surface area contributed by atoms with E-state index in [1.54, 1.807) is 24.3 Å². The summed E-state index contributed by atoms with van der Waals surface area (Å²) in [7, 11) is 0. The second-order valence-corrected chi connectivity index (χ2v) is 6.21. The lowest BCUT2D eigenvalue weighted by Gasteiger charge is -2.21. The van der Waals surface area contributed by atoms with Crippen LogP contribution in [0.1, 0.15) is 29.4 Å². The molecule has 0 fully saturated rings. The van der Waals surface area contributed by atoms with E-state index in [-0.39, 0.29) is 11.7 Å². The van der Waals surface area contributed by atoms with E-state index in [1.165, 1.54) is 5.56 Å². The maximum Gasteiger partial charge on any atom is 0.271 e. The normalized spacial score (nSPS) is 10.7. The Kier molecular flexibility index (Phi) is 5.69. The Morgan fingerprint density at radius 1 is 1.08 bits per heavy atom. The predicted octanol–water partition coefficient (Wildman–Crippen LogP) is 3.88. The van der Waals surface area contributed by atoms with Gasteiger partial charge in [0.05, 0.1) is 5.69 Å². The molecule has 0 aliphatic rings. The van der Waals surface area contributed by atoms with Crippen LogP contribution in [0.15, 0.2) is 60.7 Å². The van der Waals surface area contributed by atoms with Crippen molar-refractivity contribution in [3.63, 3.8) is 0 Å². The Hall–Kier alpha value is -3.08. The highest BCUT2D eigenvalue weighted by Gasteiger charge is 2.18. The van der Waals surface area contributed by atoms with Gasteiger partial charge < -0.3 is 10.0 Å². The molecule has 0 aliphatic carbocycles. The summed E-state index contributed by atoms with van der Waals surface area (Å²) in [6, 6.07) is 18.8. The molecule has 134 valence electrons. The van der Waals surface area contributed by atoms with E-state index >= 15 is 0 Å². The monoisotopic (exact) mass is 349 g/mol. The van der Waals surface area contributed by atoms with Gasteiger partial charge in [-0.25, -0.2) is 0 Å². The summed E-state index contributed by atoms with van der Waals surface area (Å²) in [5.41, 5.74) is 2.81. The average Bonchev–Trinajstić information content (AvgIpc) is 3.15. The Labute approximate surface area is 153 Å². The highest BCUT2D eigenvalue weighted by atomic mass is 16.3. The van der Waals surface area contributed by atoms with Crippen molar-refractivity contribution in [2.24, 2.45) is 0 Å². The van der Waals surface area contributed by atoms with Crippen molar-refractivity contribution in [1.29, 1.82) is 0 Å². The van der Waals surface area contributed by atoms with Crippen LogP contribution in [0.4, 0.5) is 0 Å². The van der Waals surface area contributed by atoms with E-state index in [4.69, 9.17) is 0 Å². The van der Waals surface area contributed by atoms with Crippen LogP contribution in [0.3, 0.4) is 0 Å². The smallest absolute Gasteiger partial charge is 0.271 e. The molecular weight excluding hydrogens is 326 g/mol. The van der Waals surface area contributed by atoms with E-state index in [0.29, 0.717) is 30.0 Å². The molecule has 3 rings (SSSR count). The Bertz CT molecular complexity index is 858. The van der Waals surface area contributed by atoms with Crippen molar-refractivity contribution in [3.8, 4) is 17.0 Å². The molecule has 0 aliphatic heterocycles. The molecule has 26 heavy (non-hydrogen) atoms. The highest BCUT2D eigenvalue weighted by molar-refractivity contribution is 5.93. The first-order valence-corrected chi connectivity index (χ1v) is 8.86. The van der Waals surface area contributed by atoms with E-state index in [0.717, 1.165) is 12.8 Å². The topological polar surface area (TPSA) is 69.2 Å². The lowest BCUT2D eigenvalue weighted by Crippen LogP contribution is -2.33. The molecule has 0 saturated carbocycles. The summed E-state index contributed by atoms with van der Waals surface area (Å²) in [6.45, 7) is 3.40. The van der Waals surface area contributed by atoms with Crippen molar-refractivity contribution in [1.82, 2.24) is 15.1 Å². The second-order valence-electron chi connectivity index (χ2n) is 6.21. The fourth-order valence-electron chi connectivity index (χ4n) is 2.92. The lowest BCUT2D eigenvalue weighted by atomic mass is 10.1. The lowest BCUT2D eigenvalue weighted by molar-refractivity contribution is 0.0751. The van der Waals surface area contributed by atoms with Gasteiger partial charge in [0.1, 0.15) is 11.4 Å². The largest absolute Gasteiger partial charge is 0.507 e. The molecule has 2 N–H and O–H groups in total. The molecule has 1 amide bonds. The van der Waals surface area contributed by atoms with Crippen LogP contribution in [0, 0.1) is 0 Å². The number of aromatic hydroxyl groups is 1. The van der Waals surface area contributed by atoms with Gasteiger partial charge in [0, 0.05) is 18.7 Å². The molecule has 0 radical (unpaired) electrons. The number of para-hydroxylation sites is 1. The number of carbonyl (C=O) groups excluding carboxylic acids is 1. The zero-order chi connectivity index (χ0) is 18.4. The SMILES string of the molecule is CCCN(CCc1ccccc1)C(=O)c1cc(-c2ccccc2O)n[nH]1. The number of aromatic nitrogens is 2. The minimum absolute atomic E-state index is 0.0723. The molecular formula is C21H23N3O2. The van der Waals surface area contributed by atoms with E-state index in [9.17, 15) is 9.90 Å². The number of hydrogen-bond acceptors (Lipinski definition) is 3. The summed E-state index contributed by atoms with van der Waals surface area (Å²) in [5.74, 6) is 0.0736. The number of phenolic OH excluding ortho intramolecular Hbond substituents is 1. The van der Waals surface area contributed by atoms with Crippen LogP contribution < -0.4 is 0 Å². The molecule has 2 aromatic carbocycles. The fraction of sp³-hybridized carbons (Fsp3) is 0.238. The molecule has 1 aromatic heterocycles. The van der Waals surface area contributed by atoms with Crippen LogP contribution in [0.2, 0.25) is 0 Å². The second kappa shape index (κ2) is 8.34. The minimum atomic E-state index is -0.0723. The number of benzene rings is 2. The first-order chi connectivity index (χ1) is 12.7. The van der Waals surface area contributed by atoms with Gasteiger partial charge in [0.25, 0.3) is 5.91 Å². The summed E-state index contributed by atoms with van der Waals surface area (Å²) in [6.07, 6.45) is 1.70. The van der Waals surface area contributed by atoms with E-state index < -0.39 is 0 Å². The average molecular weight is 349 g/mol. The number of aromatic amines is 1. The number of H-pyrrole nitrogens is 1. The maximum absolute atomic E-state index is 12.9. The number of carbonyl (C=O) groups is 1. The van der Waals surface area contributed by atoms with Gasteiger partial charge in [-0.15, -0.1) is 0 Å².